The van der Waals surface area contributed by atoms with E-state index in [1.54, 1.807) is 84.1 Å². The lowest BCUT2D eigenvalue weighted by molar-refractivity contribution is 0.0446. The zero-order valence-corrected chi connectivity index (χ0v) is 48.6. The van der Waals surface area contributed by atoms with Crippen molar-refractivity contribution in [2.24, 2.45) is 0 Å². The zero-order valence-electron chi connectivity index (χ0n) is 44.7. The highest BCUT2D eigenvalue weighted by Gasteiger charge is 2.11. The smallest absolute Gasteiger partial charge is 0.188 e. The number of phenolic OH excluding ortho intramolecular Hbond substituents is 5. The third-order valence-electron chi connectivity index (χ3n) is 8.28. The highest BCUT2D eigenvalue weighted by Crippen LogP contribution is 2.34. The van der Waals surface area contributed by atoms with Crippen LogP contribution in [0.15, 0.2) is 130 Å². The van der Waals surface area contributed by atoms with Gasteiger partial charge in [-0.15, -0.1) is 0 Å². The van der Waals surface area contributed by atoms with E-state index < -0.39 is 0 Å². The van der Waals surface area contributed by atoms with Gasteiger partial charge in [-0.2, -0.15) is 0 Å². The van der Waals surface area contributed by atoms with Crippen LogP contribution in [-0.4, -0.2) is 149 Å². The van der Waals surface area contributed by atoms with Crippen molar-refractivity contribution in [2.75, 3.05) is 110 Å². The Balaban J connectivity index is 0.000000922. The molecule has 0 bridgehead atoms. The maximum atomic E-state index is 10.9. The molecule has 0 aliphatic carbocycles. The van der Waals surface area contributed by atoms with Crippen LogP contribution in [0.1, 0.15) is 20.7 Å². The Kier molecular flexibility index (Phi) is 43.1. The van der Waals surface area contributed by atoms with Crippen LogP contribution in [0.25, 0.3) is 0 Å². The molecule has 6 aromatic rings. The summed E-state index contributed by atoms with van der Waals surface area (Å²) in [5, 5.41) is 44.3. The van der Waals surface area contributed by atoms with Gasteiger partial charge in [0.05, 0.1) is 11.1 Å². The monoisotopic (exact) mass is 1260 g/mol. The minimum atomic E-state index is -0.0939. The number of ether oxygens (including phenoxy) is 15. The molecule has 0 atom stereocenters. The molecule has 0 fully saturated rings. The van der Waals surface area contributed by atoms with Crippen molar-refractivity contribution in [1.29, 1.82) is 0 Å². The number of methoxy groups -OCH3 is 8. The number of hydrogen-bond acceptors (Lipinski definition) is 22. The van der Waals surface area contributed by atoms with Gasteiger partial charge in [0, 0.05) is 69.0 Å². The lowest BCUT2D eigenvalue weighted by atomic mass is 10.2. The van der Waals surface area contributed by atoms with Crippen LogP contribution in [0.2, 0.25) is 0 Å². The van der Waals surface area contributed by atoms with Gasteiger partial charge in [-0.1, -0.05) is 48.0 Å². The summed E-state index contributed by atoms with van der Waals surface area (Å²) >= 11 is 11.3. The van der Waals surface area contributed by atoms with Gasteiger partial charge in [-0.3, -0.25) is 9.59 Å². The summed E-state index contributed by atoms with van der Waals surface area (Å²) in [6, 6.07) is 33.1. The molecule has 0 aromatic heterocycles. The Bertz CT molecular complexity index is 2410. The molecular formula is C54H67Br2ClO22. The van der Waals surface area contributed by atoms with E-state index in [4.69, 9.17) is 93.6 Å². The van der Waals surface area contributed by atoms with Crippen LogP contribution >= 0.6 is 43.5 Å². The molecule has 0 radical (unpaired) electrons. The quantitative estimate of drug-likeness (QED) is 0.0214. The van der Waals surface area contributed by atoms with E-state index in [-0.39, 0.29) is 81.9 Å². The number of alkyl halides is 1. The van der Waals surface area contributed by atoms with Crippen molar-refractivity contribution < 1.29 is 106 Å². The number of carbonyl (C=O) groups is 2. The number of benzene rings is 6. The van der Waals surface area contributed by atoms with Gasteiger partial charge in [-0.25, -0.2) is 0 Å². The SMILES string of the molecule is COCCl.COCOc1cccc(O)c1C=O.COCOc1cccc(OCOC)c1.COCOc1cccc(OCOC)c1Br.COCOc1cccc(OCOC)c1C=O.Oc1cccc(O)c1.Oc1cccc(O)c1Br. The number of carbonyl (C=O) groups excluding carboxylic acids is 2. The van der Waals surface area contributed by atoms with Crippen LogP contribution in [0.4, 0.5) is 0 Å². The second-order valence-corrected chi connectivity index (χ2v) is 15.8. The van der Waals surface area contributed by atoms with Gasteiger partial charge in [0.25, 0.3) is 0 Å². The molecule has 25 heteroatoms. The highest BCUT2D eigenvalue weighted by atomic mass is 79.9. The lowest BCUT2D eigenvalue weighted by Gasteiger charge is -2.11. The van der Waals surface area contributed by atoms with E-state index in [2.05, 4.69) is 41.3 Å². The average molecular weight is 1260 g/mol. The number of rotatable bonds is 24. The average Bonchev–Trinajstić information content (AvgIpc) is 3.46. The number of aromatic hydroxyl groups is 5. The van der Waals surface area contributed by atoms with Crippen LogP contribution in [0.5, 0.6) is 69.0 Å². The summed E-state index contributed by atoms with van der Waals surface area (Å²) in [6.45, 7) is 1.06. The third-order valence-corrected chi connectivity index (χ3v) is 10.1. The van der Waals surface area contributed by atoms with Gasteiger partial charge < -0.3 is 96.6 Å². The first-order valence-electron chi connectivity index (χ1n) is 22.5. The van der Waals surface area contributed by atoms with Crippen LogP contribution in [0, 0.1) is 0 Å². The molecule has 0 aliphatic heterocycles. The maximum absolute atomic E-state index is 10.9. The van der Waals surface area contributed by atoms with Gasteiger partial charge in [0.15, 0.2) is 60.1 Å². The van der Waals surface area contributed by atoms with Gasteiger partial charge in [0.2, 0.25) is 0 Å². The molecule has 0 aliphatic rings. The van der Waals surface area contributed by atoms with Gasteiger partial charge in [0.1, 0.15) is 84.0 Å². The summed E-state index contributed by atoms with van der Waals surface area (Å²) in [5.74, 6) is 4.10. The summed E-state index contributed by atoms with van der Waals surface area (Å²) in [5.41, 5.74) is 0.483. The van der Waals surface area contributed by atoms with Crippen molar-refractivity contribution in [2.45, 2.75) is 0 Å². The largest absolute Gasteiger partial charge is 0.508 e. The minimum absolute atomic E-state index is 0.0459. The number of halogens is 3. The predicted octanol–water partition coefficient (Wildman–Crippen LogP) is 10.5. The molecular weight excluding hydrogens is 1200 g/mol. The Morgan fingerprint density at radius 2 is 0.658 bits per heavy atom. The molecule has 436 valence electrons. The predicted molar refractivity (Wildman–Crippen MR) is 298 cm³/mol. The molecule has 0 heterocycles. The zero-order chi connectivity index (χ0) is 59.1. The maximum Gasteiger partial charge on any atom is 0.188 e. The molecule has 0 spiro atoms. The van der Waals surface area contributed by atoms with E-state index in [0.717, 1.165) is 4.47 Å². The van der Waals surface area contributed by atoms with Crippen molar-refractivity contribution in [1.82, 2.24) is 0 Å². The third kappa shape index (κ3) is 32.6. The first-order valence-corrected chi connectivity index (χ1v) is 24.6. The summed E-state index contributed by atoms with van der Waals surface area (Å²) in [6.07, 6.45) is 1.22. The van der Waals surface area contributed by atoms with Crippen LogP contribution in [0.3, 0.4) is 0 Å². The fraction of sp³-hybridized carbons (Fsp3) is 0.296. The molecule has 0 saturated heterocycles. The minimum Gasteiger partial charge on any atom is -0.508 e. The van der Waals surface area contributed by atoms with E-state index >= 15 is 0 Å². The lowest BCUT2D eigenvalue weighted by Crippen LogP contribution is -2.05. The van der Waals surface area contributed by atoms with E-state index in [0.29, 0.717) is 68.9 Å². The van der Waals surface area contributed by atoms with Crippen molar-refractivity contribution in [3.8, 4) is 69.0 Å². The van der Waals surface area contributed by atoms with Crippen molar-refractivity contribution in [3.05, 3.63) is 141 Å². The number of hydrogen-bond donors (Lipinski definition) is 5. The topological polar surface area (TPSA) is 274 Å². The Hall–Kier alpha value is -6.81. The molecule has 6 rings (SSSR count). The summed E-state index contributed by atoms with van der Waals surface area (Å²) in [7, 11) is 12.3. The second-order valence-electron chi connectivity index (χ2n) is 14.0. The van der Waals surface area contributed by atoms with Gasteiger partial charge >= 0.3 is 0 Å². The van der Waals surface area contributed by atoms with Gasteiger partial charge in [-0.05, 0) is 105 Å². The van der Waals surface area contributed by atoms with E-state index in [9.17, 15) is 14.7 Å². The van der Waals surface area contributed by atoms with E-state index in [1.165, 1.54) is 57.7 Å². The Morgan fingerprint density at radius 1 is 0.367 bits per heavy atom. The fourth-order valence-corrected chi connectivity index (χ4v) is 5.66. The second kappa shape index (κ2) is 47.2. The van der Waals surface area contributed by atoms with Crippen LogP contribution in [-0.2, 0) is 37.9 Å². The number of aldehydes is 2. The normalized spacial score (nSPS) is 9.61. The molecule has 22 nitrogen and oxygen atoms in total. The number of phenols is 5. The standard InChI is InChI=1S/C11H14O5.C10H13BrO4.C10H14O4.C9H10O4.C6H5BrO2.C6H6O2.C2H5ClO/c1-13-7-15-10-4-3-5-11(9(10)6-12)16-8-14-2;1-12-6-14-8-4-3-5-9(10(8)11)15-7-13-2;1-11-7-13-9-4-3-5-10(6-9)14-8-12-2;1-12-6-13-9-4-2-3-8(11)7(9)5-10;7-6-4(8)2-1-3-5(6)9;7-5-2-1-3-6(8)4-5;1-4-2-3/h3-6H,7-8H2,1-2H3;3-5H,6-7H2,1-2H3;3-6H,7-8H2,1-2H3;2-5,11H,6H2,1H3;1-3,8-9H;1-4,7-8H;2H2,1H3. The first-order chi connectivity index (χ1) is 38.2. The molecule has 79 heavy (non-hydrogen) atoms. The Morgan fingerprint density at radius 3 is 0.987 bits per heavy atom. The molecule has 5 N–H and O–H groups in total. The molecule has 6 aromatic carbocycles. The summed E-state index contributed by atoms with van der Waals surface area (Å²) in [4.78, 5) is 21.5. The highest BCUT2D eigenvalue weighted by molar-refractivity contribution is 9.11. The van der Waals surface area contributed by atoms with Crippen LogP contribution < -0.4 is 33.2 Å². The molecule has 0 unspecified atom stereocenters. The fourth-order valence-electron chi connectivity index (χ4n) is 4.90. The van der Waals surface area contributed by atoms with E-state index in [1.807, 2.05) is 36.4 Å². The first kappa shape index (κ1) is 72.2. The van der Waals surface area contributed by atoms with Crippen molar-refractivity contribution >= 4 is 56.0 Å². The molecule has 0 saturated carbocycles. The Labute approximate surface area is 480 Å². The summed E-state index contributed by atoms with van der Waals surface area (Å²) < 4.78 is 75.4. The van der Waals surface area contributed by atoms with Crippen molar-refractivity contribution in [3.63, 3.8) is 0 Å². The molecule has 0 amide bonds.